The van der Waals surface area contributed by atoms with Gasteiger partial charge in [-0.25, -0.2) is 0 Å². The minimum absolute atomic E-state index is 0.0965. The van der Waals surface area contributed by atoms with E-state index in [4.69, 9.17) is 15.2 Å². The van der Waals surface area contributed by atoms with Crippen LogP contribution in [0.3, 0.4) is 0 Å². The van der Waals surface area contributed by atoms with Crippen LogP contribution in [0, 0.1) is 0 Å². The molecule has 0 amide bonds. The second kappa shape index (κ2) is 3.41. The molecule has 0 bridgehead atoms. The minimum atomic E-state index is -0.371. The Hall–Kier alpha value is -1.22. The summed E-state index contributed by atoms with van der Waals surface area (Å²) in [5.41, 5.74) is 7.33. The SMILES string of the molecule is NC1(c2ccc3c(c2)OC2(CCCCC2)O3)CC1. The molecule has 0 unspecified atom stereocenters. The van der Waals surface area contributed by atoms with Crippen LogP contribution in [0.4, 0.5) is 0 Å². The molecule has 2 fully saturated rings. The van der Waals surface area contributed by atoms with Gasteiger partial charge in [-0.05, 0) is 43.4 Å². The molecule has 1 aliphatic heterocycles. The van der Waals surface area contributed by atoms with Crippen molar-refractivity contribution in [2.75, 3.05) is 0 Å². The van der Waals surface area contributed by atoms with Crippen molar-refractivity contribution in [2.24, 2.45) is 5.73 Å². The lowest BCUT2D eigenvalue weighted by atomic mass is 9.94. The maximum absolute atomic E-state index is 6.24. The first-order valence-corrected chi connectivity index (χ1v) is 7.01. The van der Waals surface area contributed by atoms with Crippen LogP contribution in [0.5, 0.6) is 11.5 Å². The molecule has 96 valence electrons. The maximum atomic E-state index is 6.24. The highest BCUT2D eigenvalue weighted by atomic mass is 16.7. The van der Waals surface area contributed by atoms with Crippen LogP contribution in [-0.4, -0.2) is 5.79 Å². The van der Waals surface area contributed by atoms with E-state index in [0.717, 1.165) is 37.2 Å². The predicted molar refractivity (Wildman–Crippen MR) is 68.6 cm³/mol. The summed E-state index contributed by atoms with van der Waals surface area (Å²) in [4.78, 5) is 0. The smallest absolute Gasteiger partial charge is 0.251 e. The maximum Gasteiger partial charge on any atom is 0.251 e. The van der Waals surface area contributed by atoms with E-state index in [1.807, 2.05) is 6.07 Å². The molecule has 1 heterocycles. The number of fused-ring (bicyclic) bond motifs is 1. The number of nitrogens with two attached hydrogens (primary N) is 1. The molecule has 3 aliphatic rings. The Bertz CT molecular complexity index is 487. The number of benzene rings is 1. The van der Waals surface area contributed by atoms with Crippen LogP contribution in [0.15, 0.2) is 18.2 Å². The summed E-state index contributed by atoms with van der Waals surface area (Å²) in [6.45, 7) is 0. The number of hydrogen-bond donors (Lipinski definition) is 1. The summed E-state index contributed by atoms with van der Waals surface area (Å²) < 4.78 is 12.2. The summed E-state index contributed by atoms with van der Waals surface area (Å²) in [5.74, 6) is 1.42. The van der Waals surface area contributed by atoms with Gasteiger partial charge in [0.2, 0.25) is 0 Å². The van der Waals surface area contributed by atoms with Gasteiger partial charge >= 0.3 is 0 Å². The second-order valence-electron chi connectivity index (χ2n) is 5.99. The normalized spacial score (nSPS) is 26.3. The van der Waals surface area contributed by atoms with Gasteiger partial charge < -0.3 is 15.2 Å². The molecule has 2 aliphatic carbocycles. The Labute approximate surface area is 107 Å². The zero-order valence-corrected chi connectivity index (χ0v) is 10.6. The van der Waals surface area contributed by atoms with Gasteiger partial charge in [-0.15, -0.1) is 0 Å². The zero-order chi connectivity index (χ0) is 12.2. The Morgan fingerprint density at radius 1 is 0.889 bits per heavy atom. The summed E-state index contributed by atoms with van der Waals surface area (Å²) in [6.07, 6.45) is 7.86. The molecular formula is C15H19NO2. The highest BCUT2D eigenvalue weighted by Gasteiger charge is 2.45. The fourth-order valence-corrected chi connectivity index (χ4v) is 3.12. The van der Waals surface area contributed by atoms with Crippen molar-refractivity contribution >= 4 is 0 Å². The Morgan fingerprint density at radius 2 is 1.61 bits per heavy atom. The topological polar surface area (TPSA) is 44.5 Å². The van der Waals surface area contributed by atoms with E-state index >= 15 is 0 Å². The third-order valence-corrected chi connectivity index (χ3v) is 4.51. The van der Waals surface area contributed by atoms with Crippen molar-refractivity contribution in [1.82, 2.24) is 0 Å². The quantitative estimate of drug-likeness (QED) is 0.827. The van der Waals surface area contributed by atoms with Crippen LogP contribution in [0.2, 0.25) is 0 Å². The third-order valence-electron chi connectivity index (χ3n) is 4.51. The van der Waals surface area contributed by atoms with Crippen molar-refractivity contribution in [1.29, 1.82) is 0 Å². The van der Waals surface area contributed by atoms with Crippen LogP contribution >= 0.6 is 0 Å². The summed E-state index contributed by atoms with van der Waals surface area (Å²) in [6, 6.07) is 6.21. The number of ether oxygens (including phenoxy) is 2. The van der Waals surface area contributed by atoms with Crippen molar-refractivity contribution in [3.63, 3.8) is 0 Å². The summed E-state index contributed by atoms with van der Waals surface area (Å²) in [5, 5.41) is 0. The molecule has 0 radical (unpaired) electrons. The lowest BCUT2D eigenvalue weighted by molar-refractivity contribution is -0.105. The van der Waals surface area contributed by atoms with E-state index in [1.54, 1.807) is 0 Å². The molecule has 2 N–H and O–H groups in total. The van der Waals surface area contributed by atoms with E-state index < -0.39 is 0 Å². The van der Waals surface area contributed by atoms with Gasteiger partial charge in [0.15, 0.2) is 11.5 Å². The van der Waals surface area contributed by atoms with Gasteiger partial charge in [0.25, 0.3) is 5.79 Å². The largest absolute Gasteiger partial charge is 0.448 e. The fraction of sp³-hybridized carbons (Fsp3) is 0.600. The van der Waals surface area contributed by atoms with Crippen LogP contribution in [-0.2, 0) is 5.54 Å². The lowest BCUT2D eigenvalue weighted by Crippen LogP contribution is -2.40. The highest BCUT2D eigenvalue weighted by molar-refractivity contribution is 5.48. The summed E-state index contributed by atoms with van der Waals surface area (Å²) >= 11 is 0. The Balaban J connectivity index is 1.65. The van der Waals surface area contributed by atoms with E-state index in [1.165, 1.54) is 24.8 Å². The Kier molecular flexibility index (Phi) is 2.03. The molecular weight excluding hydrogens is 226 g/mol. The molecule has 1 aromatic carbocycles. The van der Waals surface area contributed by atoms with Gasteiger partial charge in [0, 0.05) is 18.4 Å². The van der Waals surface area contributed by atoms with Gasteiger partial charge in [0.05, 0.1) is 0 Å². The lowest BCUT2D eigenvalue weighted by Gasteiger charge is -2.31. The van der Waals surface area contributed by atoms with Crippen molar-refractivity contribution in [3.8, 4) is 11.5 Å². The van der Waals surface area contributed by atoms with Crippen LogP contribution in [0.25, 0.3) is 0 Å². The Morgan fingerprint density at radius 3 is 2.33 bits per heavy atom. The first kappa shape index (κ1) is 10.7. The van der Waals surface area contributed by atoms with E-state index in [9.17, 15) is 0 Å². The standard InChI is InChI=1S/C15H19NO2/c16-14(8-9-14)11-4-5-12-13(10-11)18-15(17-12)6-2-1-3-7-15/h4-5,10H,1-3,6-9,16H2. The van der Waals surface area contributed by atoms with Crippen molar-refractivity contribution in [2.45, 2.75) is 56.3 Å². The third kappa shape index (κ3) is 1.53. The molecule has 1 spiro atoms. The van der Waals surface area contributed by atoms with E-state index in [2.05, 4.69) is 12.1 Å². The van der Waals surface area contributed by atoms with Crippen molar-refractivity contribution < 1.29 is 9.47 Å². The molecule has 0 saturated heterocycles. The first-order chi connectivity index (χ1) is 8.69. The van der Waals surface area contributed by atoms with Crippen LogP contribution in [0.1, 0.15) is 50.5 Å². The van der Waals surface area contributed by atoms with Crippen LogP contribution < -0.4 is 15.2 Å². The fourth-order valence-electron chi connectivity index (χ4n) is 3.12. The molecule has 4 rings (SSSR count). The minimum Gasteiger partial charge on any atom is -0.448 e. The molecule has 0 atom stereocenters. The highest BCUT2D eigenvalue weighted by Crippen LogP contribution is 2.49. The molecule has 18 heavy (non-hydrogen) atoms. The van der Waals surface area contributed by atoms with E-state index in [-0.39, 0.29) is 11.3 Å². The number of rotatable bonds is 1. The predicted octanol–water partition coefficient (Wildman–Crippen LogP) is 3.07. The van der Waals surface area contributed by atoms with Gasteiger partial charge in [0.1, 0.15) is 0 Å². The molecule has 2 saturated carbocycles. The molecule has 3 heteroatoms. The van der Waals surface area contributed by atoms with Gasteiger partial charge in [-0.2, -0.15) is 0 Å². The average Bonchev–Trinajstić information content (AvgIpc) is 3.03. The van der Waals surface area contributed by atoms with Gasteiger partial charge in [-0.3, -0.25) is 0 Å². The average molecular weight is 245 g/mol. The zero-order valence-electron chi connectivity index (χ0n) is 10.6. The molecule has 3 nitrogen and oxygen atoms in total. The number of hydrogen-bond acceptors (Lipinski definition) is 3. The van der Waals surface area contributed by atoms with Gasteiger partial charge in [-0.1, -0.05) is 12.5 Å². The summed E-state index contributed by atoms with van der Waals surface area (Å²) in [7, 11) is 0. The van der Waals surface area contributed by atoms with E-state index in [0.29, 0.717) is 0 Å². The second-order valence-corrected chi connectivity index (χ2v) is 5.99. The monoisotopic (exact) mass is 245 g/mol. The molecule has 0 aromatic heterocycles. The first-order valence-electron chi connectivity index (χ1n) is 7.01. The van der Waals surface area contributed by atoms with Crippen molar-refractivity contribution in [3.05, 3.63) is 23.8 Å². The molecule has 1 aromatic rings.